The molecule has 1 aliphatic rings. The fraction of sp³-hybridized carbons (Fsp3) is 0.250. The number of nitrogens with one attached hydrogen (secondary N) is 1. The Morgan fingerprint density at radius 3 is 2.81 bits per heavy atom. The molecule has 4 rings (SSSR count). The summed E-state index contributed by atoms with van der Waals surface area (Å²) >= 11 is 0. The molecule has 6 nitrogen and oxygen atoms in total. The predicted molar refractivity (Wildman–Crippen MR) is 101 cm³/mol. The molecule has 1 atom stereocenters. The highest BCUT2D eigenvalue weighted by atomic mass is 19.1. The van der Waals surface area contributed by atoms with Crippen molar-refractivity contribution in [2.75, 3.05) is 18.0 Å². The fourth-order valence-electron chi connectivity index (χ4n) is 3.29. The summed E-state index contributed by atoms with van der Waals surface area (Å²) in [5, 5.41) is 7.30. The first-order valence-corrected chi connectivity index (χ1v) is 8.91. The third-order valence-corrected chi connectivity index (χ3v) is 4.64. The van der Waals surface area contributed by atoms with Crippen molar-refractivity contribution in [2.45, 2.75) is 19.0 Å². The van der Waals surface area contributed by atoms with Crippen LogP contribution in [0, 0.1) is 5.82 Å². The smallest absolute Gasteiger partial charge is 0.242 e. The van der Waals surface area contributed by atoms with Gasteiger partial charge in [0.05, 0.1) is 6.20 Å². The number of nitrogens with zero attached hydrogens (tertiary/aromatic N) is 4. The highest BCUT2D eigenvalue weighted by molar-refractivity contribution is 5.76. The van der Waals surface area contributed by atoms with Crippen LogP contribution in [0.25, 0.3) is 11.1 Å². The number of amides is 1. The second-order valence-corrected chi connectivity index (χ2v) is 6.62. The lowest BCUT2D eigenvalue weighted by atomic mass is 10.1. The Morgan fingerprint density at radius 2 is 2.04 bits per heavy atom. The fourth-order valence-corrected chi connectivity index (χ4v) is 3.29. The zero-order valence-electron chi connectivity index (χ0n) is 14.8. The molecule has 0 bridgehead atoms. The predicted octanol–water partition coefficient (Wildman–Crippen LogP) is 2.48. The summed E-state index contributed by atoms with van der Waals surface area (Å²) in [7, 11) is 0. The van der Waals surface area contributed by atoms with Crippen LogP contribution in [0.2, 0.25) is 0 Å². The van der Waals surface area contributed by atoms with Gasteiger partial charge >= 0.3 is 0 Å². The van der Waals surface area contributed by atoms with Crippen molar-refractivity contribution < 1.29 is 9.18 Å². The van der Waals surface area contributed by atoms with Gasteiger partial charge in [-0.25, -0.2) is 9.37 Å². The van der Waals surface area contributed by atoms with Crippen molar-refractivity contribution in [3.8, 4) is 11.1 Å². The molecule has 1 unspecified atom stereocenters. The molecule has 2 aromatic heterocycles. The minimum Gasteiger partial charge on any atom is -0.354 e. The van der Waals surface area contributed by atoms with Crippen molar-refractivity contribution in [3.05, 3.63) is 66.9 Å². The van der Waals surface area contributed by atoms with E-state index in [1.807, 2.05) is 18.2 Å². The number of carbonyl (C=O) groups is 1. The van der Waals surface area contributed by atoms with E-state index in [0.717, 1.165) is 36.5 Å². The standard InChI is InChI=1S/C20H20FN5O/c21-17-6-4-15(5-7-17)16-11-23-26(12-16)14-20(27)24-18-8-10-25(13-18)19-3-1-2-9-22-19/h1-7,9,11-12,18H,8,10,13-14H2,(H,24,27). The summed E-state index contributed by atoms with van der Waals surface area (Å²) in [6.45, 7) is 1.78. The molecule has 1 saturated heterocycles. The maximum atomic E-state index is 13.0. The van der Waals surface area contributed by atoms with Gasteiger partial charge in [0.1, 0.15) is 18.2 Å². The number of hydrogen-bond donors (Lipinski definition) is 1. The van der Waals surface area contributed by atoms with Crippen molar-refractivity contribution in [1.82, 2.24) is 20.1 Å². The lowest BCUT2D eigenvalue weighted by molar-refractivity contribution is -0.122. The number of halogens is 1. The average Bonchev–Trinajstić information content (AvgIpc) is 3.33. The molecule has 7 heteroatoms. The maximum Gasteiger partial charge on any atom is 0.242 e. The average molecular weight is 365 g/mol. The Labute approximate surface area is 156 Å². The summed E-state index contributed by atoms with van der Waals surface area (Å²) in [5.41, 5.74) is 1.72. The number of anilines is 1. The Morgan fingerprint density at radius 1 is 1.19 bits per heavy atom. The molecule has 1 aliphatic heterocycles. The van der Waals surface area contributed by atoms with Crippen molar-refractivity contribution in [2.24, 2.45) is 0 Å². The molecule has 1 amide bonds. The van der Waals surface area contributed by atoms with Gasteiger partial charge < -0.3 is 10.2 Å². The van der Waals surface area contributed by atoms with Crippen LogP contribution in [0.1, 0.15) is 6.42 Å². The lowest BCUT2D eigenvalue weighted by Crippen LogP contribution is -2.39. The molecule has 1 N–H and O–H groups in total. The SMILES string of the molecule is O=C(Cn1cc(-c2ccc(F)cc2)cn1)NC1CCN(c2ccccn2)C1. The monoisotopic (exact) mass is 365 g/mol. The third kappa shape index (κ3) is 4.13. The first-order valence-electron chi connectivity index (χ1n) is 8.91. The molecule has 0 saturated carbocycles. The van der Waals surface area contributed by atoms with E-state index in [1.54, 1.807) is 35.4 Å². The Balaban J connectivity index is 1.32. The van der Waals surface area contributed by atoms with Gasteiger partial charge in [-0.05, 0) is 36.2 Å². The van der Waals surface area contributed by atoms with Crippen molar-refractivity contribution in [3.63, 3.8) is 0 Å². The number of hydrogen-bond acceptors (Lipinski definition) is 4. The van der Waals surface area contributed by atoms with Gasteiger partial charge in [0.2, 0.25) is 5.91 Å². The van der Waals surface area contributed by atoms with Gasteiger partial charge in [-0.1, -0.05) is 18.2 Å². The summed E-state index contributed by atoms with van der Waals surface area (Å²) in [5.74, 6) is 0.587. The molecular formula is C20H20FN5O. The van der Waals surface area contributed by atoms with Crippen LogP contribution in [-0.4, -0.2) is 39.8 Å². The highest BCUT2D eigenvalue weighted by Crippen LogP contribution is 2.19. The van der Waals surface area contributed by atoms with E-state index in [2.05, 4.69) is 20.3 Å². The zero-order chi connectivity index (χ0) is 18.6. The van der Waals surface area contributed by atoms with Crippen LogP contribution < -0.4 is 10.2 Å². The molecule has 27 heavy (non-hydrogen) atoms. The van der Waals surface area contributed by atoms with Gasteiger partial charge in [0.25, 0.3) is 0 Å². The maximum absolute atomic E-state index is 13.0. The molecule has 0 spiro atoms. The molecule has 3 heterocycles. The largest absolute Gasteiger partial charge is 0.354 e. The highest BCUT2D eigenvalue weighted by Gasteiger charge is 2.24. The van der Waals surface area contributed by atoms with Crippen LogP contribution in [0.3, 0.4) is 0 Å². The zero-order valence-corrected chi connectivity index (χ0v) is 14.8. The summed E-state index contributed by atoms with van der Waals surface area (Å²) < 4.78 is 14.6. The number of pyridine rings is 1. The molecule has 0 aliphatic carbocycles. The topological polar surface area (TPSA) is 63.1 Å². The van der Waals surface area contributed by atoms with Crippen LogP contribution >= 0.6 is 0 Å². The van der Waals surface area contributed by atoms with Crippen LogP contribution in [0.15, 0.2) is 61.1 Å². The number of aromatic nitrogens is 3. The van der Waals surface area contributed by atoms with E-state index in [-0.39, 0.29) is 24.3 Å². The van der Waals surface area contributed by atoms with E-state index >= 15 is 0 Å². The first kappa shape index (κ1) is 17.2. The second kappa shape index (κ2) is 7.57. The molecule has 138 valence electrons. The number of carbonyl (C=O) groups excluding carboxylic acids is 1. The Bertz CT molecular complexity index is 910. The quantitative estimate of drug-likeness (QED) is 0.755. The first-order chi connectivity index (χ1) is 13.2. The van der Waals surface area contributed by atoms with Gasteiger partial charge in [0, 0.05) is 37.1 Å². The third-order valence-electron chi connectivity index (χ3n) is 4.64. The van der Waals surface area contributed by atoms with Crippen molar-refractivity contribution in [1.29, 1.82) is 0 Å². The Kier molecular flexibility index (Phi) is 4.82. The number of rotatable bonds is 5. The van der Waals surface area contributed by atoms with Gasteiger partial charge in [-0.15, -0.1) is 0 Å². The van der Waals surface area contributed by atoms with Crippen LogP contribution in [0.5, 0.6) is 0 Å². The van der Waals surface area contributed by atoms with E-state index in [9.17, 15) is 9.18 Å². The summed E-state index contributed by atoms with van der Waals surface area (Å²) in [6, 6.07) is 12.1. The number of benzene rings is 1. The molecule has 3 aromatic rings. The van der Waals surface area contributed by atoms with Crippen LogP contribution in [0.4, 0.5) is 10.2 Å². The van der Waals surface area contributed by atoms with Gasteiger partial charge in [0.15, 0.2) is 0 Å². The Hall–Kier alpha value is -3.22. The molecule has 1 fully saturated rings. The summed E-state index contributed by atoms with van der Waals surface area (Å²) in [6.07, 6.45) is 6.14. The normalized spacial score (nSPS) is 16.5. The minimum atomic E-state index is -0.276. The molecule has 0 radical (unpaired) electrons. The van der Waals surface area contributed by atoms with Crippen LogP contribution in [-0.2, 0) is 11.3 Å². The molecule has 1 aromatic carbocycles. The van der Waals surface area contributed by atoms with Crippen molar-refractivity contribution >= 4 is 11.7 Å². The minimum absolute atomic E-state index is 0.0726. The summed E-state index contributed by atoms with van der Waals surface area (Å²) in [4.78, 5) is 18.9. The van der Waals surface area contributed by atoms with E-state index < -0.39 is 0 Å². The van der Waals surface area contributed by atoms with E-state index in [4.69, 9.17) is 0 Å². The van der Waals surface area contributed by atoms with Gasteiger partial charge in [-0.3, -0.25) is 9.48 Å². The molecular weight excluding hydrogens is 345 g/mol. The lowest BCUT2D eigenvalue weighted by Gasteiger charge is -2.17. The van der Waals surface area contributed by atoms with E-state index in [0.29, 0.717) is 0 Å². The van der Waals surface area contributed by atoms with Gasteiger partial charge in [-0.2, -0.15) is 5.10 Å². The van der Waals surface area contributed by atoms with E-state index in [1.165, 1.54) is 12.1 Å². The second-order valence-electron chi connectivity index (χ2n) is 6.62.